The van der Waals surface area contributed by atoms with Crippen LogP contribution in [0.15, 0.2) is 12.3 Å². The predicted octanol–water partition coefficient (Wildman–Crippen LogP) is 3.01. The van der Waals surface area contributed by atoms with Gasteiger partial charge in [0.25, 0.3) is 5.91 Å². The van der Waals surface area contributed by atoms with Gasteiger partial charge in [-0.1, -0.05) is 0 Å². The molecule has 1 aromatic rings. The van der Waals surface area contributed by atoms with Crippen molar-refractivity contribution in [2.75, 3.05) is 19.6 Å². The summed E-state index contributed by atoms with van der Waals surface area (Å²) in [7, 11) is 0. The average molecular weight is 329 g/mol. The van der Waals surface area contributed by atoms with E-state index in [1.165, 1.54) is 0 Å². The molecule has 0 aliphatic carbocycles. The van der Waals surface area contributed by atoms with Crippen LogP contribution in [0.2, 0.25) is 0 Å². The van der Waals surface area contributed by atoms with Gasteiger partial charge in [-0.3, -0.25) is 9.78 Å². The molecule has 1 amide bonds. The lowest BCUT2D eigenvalue weighted by Crippen LogP contribution is -2.41. The molecule has 1 unspecified atom stereocenters. The van der Waals surface area contributed by atoms with E-state index in [2.05, 4.69) is 10.3 Å². The van der Waals surface area contributed by atoms with Crippen LogP contribution in [-0.2, 0) is 6.18 Å². The van der Waals surface area contributed by atoms with Gasteiger partial charge in [-0.2, -0.15) is 13.2 Å². The number of nitrogens with one attached hydrogen (secondary N) is 1. The Morgan fingerprint density at radius 2 is 2.13 bits per heavy atom. The Hall–Kier alpha value is -1.63. The van der Waals surface area contributed by atoms with Gasteiger partial charge in [0.15, 0.2) is 0 Å². The number of hydrogen-bond donors (Lipinski definition) is 1. The minimum absolute atomic E-state index is 0.0406. The van der Waals surface area contributed by atoms with Crippen molar-refractivity contribution in [2.24, 2.45) is 0 Å². The highest BCUT2D eigenvalue weighted by atomic mass is 19.4. The Balaban J connectivity index is 2.29. The molecule has 1 fully saturated rings. The van der Waals surface area contributed by atoms with E-state index in [4.69, 9.17) is 0 Å². The Labute approximate surface area is 134 Å². The molecule has 1 aliphatic heterocycles. The number of nitrogens with zero attached hydrogens (tertiary/aromatic N) is 2. The number of aromatic nitrogens is 1. The molecule has 2 heterocycles. The second-order valence-electron chi connectivity index (χ2n) is 5.78. The number of alkyl halides is 3. The van der Waals surface area contributed by atoms with Crippen LogP contribution in [-0.4, -0.2) is 41.5 Å². The van der Waals surface area contributed by atoms with Crippen molar-refractivity contribution in [3.8, 4) is 0 Å². The first-order valence-electron chi connectivity index (χ1n) is 7.90. The highest BCUT2D eigenvalue weighted by molar-refractivity contribution is 5.95. The number of carbonyl (C=O) groups is 1. The summed E-state index contributed by atoms with van der Waals surface area (Å²) in [6.45, 7) is 5.61. The third kappa shape index (κ3) is 4.22. The number of hydrogen-bond acceptors (Lipinski definition) is 3. The number of rotatable bonds is 3. The van der Waals surface area contributed by atoms with Crippen molar-refractivity contribution in [3.63, 3.8) is 0 Å². The second kappa shape index (κ2) is 7.29. The highest BCUT2D eigenvalue weighted by Crippen LogP contribution is 2.30. The normalized spacial score (nSPS) is 19.3. The highest BCUT2D eigenvalue weighted by Gasteiger charge is 2.33. The van der Waals surface area contributed by atoms with E-state index in [-0.39, 0.29) is 17.5 Å². The lowest BCUT2D eigenvalue weighted by Gasteiger charge is -2.30. The van der Waals surface area contributed by atoms with Gasteiger partial charge in [0, 0.05) is 18.8 Å². The first-order valence-corrected chi connectivity index (χ1v) is 7.90. The topological polar surface area (TPSA) is 45.2 Å². The zero-order valence-corrected chi connectivity index (χ0v) is 13.4. The first kappa shape index (κ1) is 17.7. The standard InChI is InChI=1S/C16H22F3N3O/c1-3-22(13-5-4-7-20-8-6-13)15(23)14-9-12(16(17,18)19)10-21-11(14)2/h9-10,13,20H,3-8H2,1-2H3. The third-order valence-electron chi connectivity index (χ3n) is 4.23. The van der Waals surface area contributed by atoms with E-state index in [1.807, 2.05) is 6.92 Å². The molecule has 1 saturated heterocycles. The molecule has 0 spiro atoms. The van der Waals surface area contributed by atoms with E-state index in [9.17, 15) is 18.0 Å². The van der Waals surface area contributed by atoms with Crippen molar-refractivity contribution in [3.05, 3.63) is 29.1 Å². The monoisotopic (exact) mass is 329 g/mol. The van der Waals surface area contributed by atoms with Gasteiger partial charge in [0.1, 0.15) is 0 Å². The lowest BCUT2D eigenvalue weighted by molar-refractivity contribution is -0.137. The molecule has 0 bridgehead atoms. The molecule has 1 aromatic heterocycles. The van der Waals surface area contributed by atoms with Crippen LogP contribution in [0.5, 0.6) is 0 Å². The maximum atomic E-state index is 12.9. The molecular weight excluding hydrogens is 307 g/mol. The van der Waals surface area contributed by atoms with Crippen LogP contribution in [0.3, 0.4) is 0 Å². The van der Waals surface area contributed by atoms with Crippen molar-refractivity contribution in [2.45, 2.75) is 45.3 Å². The minimum Gasteiger partial charge on any atom is -0.336 e. The summed E-state index contributed by atoms with van der Waals surface area (Å²) in [4.78, 5) is 18.2. The quantitative estimate of drug-likeness (QED) is 0.927. The van der Waals surface area contributed by atoms with Gasteiger partial charge in [-0.15, -0.1) is 0 Å². The van der Waals surface area contributed by atoms with Crippen LogP contribution in [0.25, 0.3) is 0 Å². The SMILES string of the molecule is CCN(C(=O)c1cc(C(F)(F)F)cnc1C)C1CCCNCC1. The van der Waals surface area contributed by atoms with Crippen LogP contribution < -0.4 is 5.32 Å². The van der Waals surface area contributed by atoms with Crippen molar-refractivity contribution in [1.82, 2.24) is 15.2 Å². The number of aryl methyl sites for hydroxylation is 1. The molecule has 7 heteroatoms. The number of halogens is 3. The average Bonchev–Trinajstić information content (AvgIpc) is 2.76. The molecular formula is C16H22F3N3O. The first-order chi connectivity index (χ1) is 10.8. The van der Waals surface area contributed by atoms with E-state index in [1.54, 1.807) is 11.8 Å². The lowest BCUT2D eigenvalue weighted by atomic mass is 10.0. The molecule has 0 aromatic carbocycles. The van der Waals surface area contributed by atoms with Gasteiger partial charge in [0.05, 0.1) is 16.8 Å². The summed E-state index contributed by atoms with van der Waals surface area (Å²) in [5.74, 6) is -0.365. The van der Waals surface area contributed by atoms with E-state index in [0.29, 0.717) is 12.2 Å². The summed E-state index contributed by atoms with van der Waals surface area (Å²) >= 11 is 0. The number of amides is 1. The Morgan fingerprint density at radius 1 is 1.39 bits per heavy atom. The summed E-state index contributed by atoms with van der Waals surface area (Å²) in [6, 6.07) is 0.971. The van der Waals surface area contributed by atoms with Crippen LogP contribution in [0.1, 0.15) is 47.8 Å². The van der Waals surface area contributed by atoms with Crippen molar-refractivity contribution >= 4 is 5.91 Å². The smallest absolute Gasteiger partial charge is 0.336 e. The van der Waals surface area contributed by atoms with Gasteiger partial charge >= 0.3 is 6.18 Å². The maximum Gasteiger partial charge on any atom is 0.417 e. The van der Waals surface area contributed by atoms with E-state index in [0.717, 1.165) is 44.6 Å². The zero-order valence-electron chi connectivity index (χ0n) is 13.4. The van der Waals surface area contributed by atoms with Gasteiger partial charge in [0.2, 0.25) is 0 Å². The zero-order chi connectivity index (χ0) is 17.0. The predicted molar refractivity (Wildman–Crippen MR) is 81.2 cm³/mol. The largest absolute Gasteiger partial charge is 0.417 e. The van der Waals surface area contributed by atoms with Gasteiger partial charge < -0.3 is 10.2 Å². The maximum absolute atomic E-state index is 12.9. The molecule has 1 atom stereocenters. The van der Waals surface area contributed by atoms with Gasteiger partial charge in [-0.05, 0) is 52.3 Å². The molecule has 1 N–H and O–H groups in total. The van der Waals surface area contributed by atoms with E-state index >= 15 is 0 Å². The van der Waals surface area contributed by atoms with Crippen molar-refractivity contribution < 1.29 is 18.0 Å². The molecule has 1 aliphatic rings. The molecule has 23 heavy (non-hydrogen) atoms. The molecule has 0 radical (unpaired) electrons. The van der Waals surface area contributed by atoms with Crippen LogP contribution in [0.4, 0.5) is 13.2 Å². The summed E-state index contributed by atoms with van der Waals surface area (Å²) < 4.78 is 38.6. The molecule has 4 nitrogen and oxygen atoms in total. The molecule has 0 saturated carbocycles. The summed E-state index contributed by atoms with van der Waals surface area (Å²) in [5.41, 5.74) is -0.517. The number of pyridine rings is 1. The van der Waals surface area contributed by atoms with Crippen LogP contribution in [0, 0.1) is 6.92 Å². The Morgan fingerprint density at radius 3 is 2.78 bits per heavy atom. The fraction of sp³-hybridized carbons (Fsp3) is 0.625. The Kier molecular flexibility index (Phi) is 5.62. The molecule has 128 valence electrons. The molecule has 2 rings (SSSR count). The summed E-state index contributed by atoms with van der Waals surface area (Å²) in [5, 5.41) is 3.28. The van der Waals surface area contributed by atoms with E-state index < -0.39 is 11.7 Å². The van der Waals surface area contributed by atoms with Crippen LogP contribution >= 0.6 is 0 Å². The number of carbonyl (C=O) groups excluding carboxylic acids is 1. The third-order valence-corrected chi connectivity index (χ3v) is 4.23. The van der Waals surface area contributed by atoms with Gasteiger partial charge in [-0.25, -0.2) is 0 Å². The second-order valence-corrected chi connectivity index (χ2v) is 5.78. The fourth-order valence-corrected chi connectivity index (χ4v) is 2.94. The van der Waals surface area contributed by atoms with Crippen molar-refractivity contribution in [1.29, 1.82) is 0 Å². The summed E-state index contributed by atoms with van der Waals surface area (Å²) in [6.07, 6.45) is -1.10. The minimum atomic E-state index is -4.50. The Bertz CT molecular complexity index is 552. The fourth-order valence-electron chi connectivity index (χ4n) is 2.94.